The summed E-state index contributed by atoms with van der Waals surface area (Å²) < 4.78 is 41.5. The second-order valence-electron chi connectivity index (χ2n) is 8.35. The minimum atomic E-state index is -2.65. The number of H-pyrrole nitrogens is 1. The van der Waals surface area contributed by atoms with Crippen LogP contribution >= 0.6 is 0 Å². The largest absolute Gasteiger partial charge is 0.393 e. The lowest BCUT2D eigenvalue weighted by Crippen LogP contribution is -2.32. The van der Waals surface area contributed by atoms with Crippen molar-refractivity contribution in [1.82, 2.24) is 19.9 Å². The standard InChI is InChI=1S/C22H25F3N6O2/c1-12(32)6-9-26-20-17-15(10-27-21(17)29-11-28-20)18(33)14-2-3-16(31-19(14)23)30-13-4-7-22(24,25)8-5-13/h2-3,10-13,32H,4-9H2,1H3,(H,30,31)(H2,26,27,28,29). The molecule has 1 aliphatic rings. The third-order valence-corrected chi connectivity index (χ3v) is 5.73. The maximum atomic E-state index is 14.8. The number of carbonyl (C=O) groups excluding carboxylic acids is 1. The van der Waals surface area contributed by atoms with Crippen molar-refractivity contribution in [2.24, 2.45) is 0 Å². The first-order valence-electron chi connectivity index (χ1n) is 10.8. The molecule has 3 aromatic rings. The highest BCUT2D eigenvalue weighted by Gasteiger charge is 2.35. The number of carbonyl (C=O) groups is 1. The van der Waals surface area contributed by atoms with Crippen molar-refractivity contribution in [2.75, 3.05) is 17.2 Å². The molecule has 33 heavy (non-hydrogen) atoms. The molecule has 1 aliphatic carbocycles. The monoisotopic (exact) mass is 462 g/mol. The summed E-state index contributed by atoms with van der Waals surface area (Å²) in [4.78, 5) is 28.1. The molecular formula is C22H25F3N6O2. The lowest BCUT2D eigenvalue weighted by atomic mass is 9.92. The van der Waals surface area contributed by atoms with Gasteiger partial charge in [0.05, 0.1) is 22.6 Å². The summed E-state index contributed by atoms with van der Waals surface area (Å²) in [5.74, 6) is -3.61. The van der Waals surface area contributed by atoms with Gasteiger partial charge in [-0.3, -0.25) is 4.79 Å². The number of nitrogens with zero attached hydrogens (tertiary/aromatic N) is 3. The van der Waals surface area contributed by atoms with E-state index in [1.165, 1.54) is 24.7 Å². The smallest absolute Gasteiger partial charge is 0.248 e. The van der Waals surface area contributed by atoms with Gasteiger partial charge in [0.15, 0.2) is 5.78 Å². The summed E-state index contributed by atoms with van der Waals surface area (Å²) in [6.07, 6.45) is 2.83. The SMILES string of the molecule is CC(O)CCNc1ncnc2[nH]cc(C(=O)c3ccc(NC4CCC(F)(F)CC4)nc3F)c12. The van der Waals surface area contributed by atoms with Crippen LogP contribution < -0.4 is 10.6 Å². The molecular weight excluding hydrogens is 437 g/mol. The molecule has 3 aromatic heterocycles. The van der Waals surface area contributed by atoms with Gasteiger partial charge in [0.1, 0.15) is 23.6 Å². The second kappa shape index (κ2) is 9.34. The Morgan fingerprint density at radius 2 is 2.03 bits per heavy atom. The lowest BCUT2D eigenvalue weighted by Gasteiger charge is -2.29. The molecule has 3 heterocycles. The fraction of sp³-hybridized carbons (Fsp3) is 0.455. The van der Waals surface area contributed by atoms with Gasteiger partial charge in [0, 0.05) is 31.6 Å². The van der Waals surface area contributed by atoms with Crippen molar-refractivity contribution in [3.05, 3.63) is 41.7 Å². The number of pyridine rings is 1. The normalized spacial score (nSPS) is 17.1. The fourth-order valence-corrected chi connectivity index (χ4v) is 3.90. The quantitative estimate of drug-likeness (QED) is 0.296. The number of hydrogen-bond donors (Lipinski definition) is 4. The molecule has 8 nitrogen and oxygen atoms in total. The number of ketones is 1. The van der Waals surface area contributed by atoms with Crippen LogP contribution in [0, 0.1) is 5.95 Å². The van der Waals surface area contributed by atoms with E-state index in [0.29, 0.717) is 29.8 Å². The molecule has 4 N–H and O–H groups in total. The number of aromatic nitrogens is 4. The number of alkyl halides is 2. The van der Waals surface area contributed by atoms with Crippen LogP contribution in [0.2, 0.25) is 0 Å². The maximum Gasteiger partial charge on any atom is 0.248 e. The highest BCUT2D eigenvalue weighted by Crippen LogP contribution is 2.34. The third kappa shape index (κ3) is 5.24. The minimum absolute atomic E-state index is 0.182. The van der Waals surface area contributed by atoms with E-state index in [1.54, 1.807) is 6.92 Å². The first kappa shape index (κ1) is 23.0. The van der Waals surface area contributed by atoms with Crippen LogP contribution in [-0.2, 0) is 0 Å². The zero-order chi connectivity index (χ0) is 23.6. The molecule has 0 aromatic carbocycles. The summed E-state index contributed by atoms with van der Waals surface area (Å²) in [6.45, 7) is 2.09. The number of hydrogen-bond acceptors (Lipinski definition) is 7. The minimum Gasteiger partial charge on any atom is -0.393 e. The number of aliphatic hydroxyl groups excluding tert-OH is 1. The van der Waals surface area contributed by atoms with Gasteiger partial charge in [0.2, 0.25) is 11.9 Å². The van der Waals surface area contributed by atoms with E-state index >= 15 is 0 Å². The molecule has 0 saturated heterocycles. The predicted octanol–water partition coefficient (Wildman–Crippen LogP) is 3.90. The van der Waals surface area contributed by atoms with E-state index in [1.807, 2.05) is 0 Å². The Kier molecular flexibility index (Phi) is 6.50. The van der Waals surface area contributed by atoms with Crippen molar-refractivity contribution in [3.63, 3.8) is 0 Å². The summed E-state index contributed by atoms with van der Waals surface area (Å²) in [5.41, 5.74) is 0.366. The molecule has 0 aliphatic heterocycles. The number of halogens is 3. The topological polar surface area (TPSA) is 116 Å². The molecule has 0 amide bonds. The third-order valence-electron chi connectivity index (χ3n) is 5.73. The number of aromatic amines is 1. The lowest BCUT2D eigenvalue weighted by molar-refractivity contribution is -0.0361. The molecule has 4 rings (SSSR count). The van der Waals surface area contributed by atoms with Gasteiger partial charge in [-0.25, -0.2) is 23.7 Å². The Morgan fingerprint density at radius 1 is 1.27 bits per heavy atom. The molecule has 176 valence electrons. The van der Waals surface area contributed by atoms with E-state index in [0.717, 1.165) is 0 Å². The Labute approximate surface area is 188 Å². The van der Waals surface area contributed by atoms with E-state index in [9.17, 15) is 23.1 Å². The van der Waals surface area contributed by atoms with Crippen molar-refractivity contribution < 1.29 is 23.1 Å². The maximum absolute atomic E-state index is 14.8. The van der Waals surface area contributed by atoms with Crippen LogP contribution in [0.5, 0.6) is 0 Å². The zero-order valence-electron chi connectivity index (χ0n) is 18.0. The molecule has 1 fully saturated rings. The van der Waals surface area contributed by atoms with Crippen LogP contribution in [0.3, 0.4) is 0 Å². The summed E-state index contributed by atoms with van der Waals surface area (Å²) in [6, 6.07) is 2.57. The predicted molar refractivity (Wildman–Crippen MR) is 117 cm³/mol. The molecule has 1 unspecified atom stereocenters. The van der Waals surface area contributed by atoms with Crippen LogP contribution in [0.25, 0.3) is 11.0 Å². The first-order chi connectivity index (χ1) is 15.7. The van der Waals surface area contributed by atoms with E-state index in [-0.39, 0.29) is 48.7 Å². The Morgan fingerprint density at radius 3 is 2.73 bits per heavy atom. The summed E-state index contributed by atoms with van der Waals surface area (Å²) >= 11 is 0. The molecule has 1 saturated carbocycles. The van der Waals surface area contributed by atoms with Crippen LogP contribution in [0.15, 0.2) is 24.7 Å². The summed E-state index contributed by atoms with van der Waals surface area (Å²) in [7, 11) is 0. The second-order valence-corrected chi connectivity index (χ2v) is 8.35. The van der Waals surface area contributed by atoms with Crippen molar-refractivity contribution in [3.8, 4) is 0 Å². The zero-order valence-corrected chi connectivity index (χ0v) is 18.0. The number of aliphatic hydroxyl groups is 1. The van der Waals surface area contributed by atoms with Gasteiger partial charge in [0.25, 0.3) is 0 Å². The average Bonchev–Trinajstić information content (AvgIpc) is 3.20. The molecule has 0 bridgehead atoms. The Bertz CT molecular complexity index is 1140. The molecule has 0 spiro atoms. The van der Waals surface area contributed by atoms with Gasteiger partial charge < -0.3 is 20.7 Å². The average molecular weight is 462 g/mol. The van der Waals surface area contributed by atoms with Gasteiger partial charge in [-0.05, 0) is 38.3 Å². The number of fused-ring (bicyclic) bond motifs is 1. The van der Waals surface area contributed by atoms with Crippen LogP contribution in [-0.4, -0.2) is 55.4 Å². The highest BCUT2D eigenvalue weighted by atomic mass is 19.3. The van der Waals surface area contributed by atoms with E-state index in [4.69, 9.17) is 0 Å². The summed E-state index contributed by atoms with van der Waals surface area (Å²) in [5, 5.41) is 15.9. The highest BCUT2D eigenvalue weighted by molar-refractivity contribution is 6.18. The fourth-order valence-electron chi connectivity index (χ4n) is 3.90. The van der Waals surface area contributed by atoms with Gasteiger partial charge in [-0.2, -0.15) is 4.39 Å². The van der Waals surface area contributed by atoms with Crippen molar-refractivity contribution >= 4 is 28.5 Å². The van der Waals surface area contributed by atoms with E-state index < -0.39 is 23.8 Å². The number of nitrogens with one attached hydrogen (secondary N) is 3. The molecule has 11 heteroatoms. The van der Waals surface area contributed by atoms with Crippen LogP contribution in [0.1, 0.15) is 54.9 Å². The first-order valence-corrected chi connectivity index (χ1v) is 10.8. The molecule has 0 radical (unpaired) electrons. The Balaban J connectivity index is 1.53. The van der Waals surface area contributed by atoms with Gasteiger partial charge in [-0.15, -0.1) is 0 Å². The van der Waals surface area contributed by atoms with Gasteiger partial charge >= 0.3 is 0 Å². The van der Waals surface area contributed by atoms with E-state index in [2.05, 4.69) is 30.6 Å². The van der Waals surface area contributed by atoms with Crippen molar-refractivity contribution in [1.29, 1.82) is 0 Å². The van der Waals surface area contributed by atoms with Gasteiger partial charge in [-0.1, -0.05) is 0 Å². The van der Waals surface area contributed by atoms with Crippen LogP contribution in [0.4, 0.5) is 24.8 Å². The Hall–Kier alpha value is -3.21. The molecule has 1 atom stereocenters. The number of anilines is 2. The number of rotatable bonds is 8. The van der Waals surface area contributed by atoms with Crippen molar-refractivity contribution in [2.45, 2.75) is 57.1 Å².